The van der Waals surface area contributed by atoms with Crippen LogP contribution < -0.4 is 5.32 Å². The summed E-state index contributed by atoms with van der Waals surface area (Å²) < 4.78 is 5.47. The van der Waals surface area contributed by atoms with Gasteiger partial charge in [-0.3, -0.25) is 4.79 Å². The molecule has 3 aliphatic rings. The molecule has 3 fully saturated rings. The van der Waals surface area contributed by atoms with Gasteiger partial charge in [-0.05, 0) is 65.4 Å². The highest BCUT2D eigenvalue weighted by Gasteiger charge is 2.61. The standard InChI is InChI=1S/C25H32N4O3/c1-24(2,3)32-23(31)29-12-16-17(13-29)19(16)22(30)28-25(4,5)20-15-8-6-7-9-18(15)26-21(27-20)14-10-11-14/h6-9,14,16-17,19H,10-13H2,1-5H3,(H,28,30). The van der Waals surface area contributed by atoms with Crippen molar-refractivity contribution in [2.75, 3.05) is 13.1 Å². The number of para-hydroxylation sites is 1. The van der Waals surface area contributed by atoms with E-state index in [1.807, 2.05) is 58.9 Å². The van der Waals surface area contributed by atoms with Crippen LogP contribution in [-0.4, -0.2) is 45.6 Å². The van der Waals surface area contributed by atoms with Gasteiger partial charge in [0.1, 0.15) is 11.4 Å². The smallest absolute Gasteiger partial charge is 0.410 e. The zero-order chi connectivity index (χ0) is 22.8. The third-order valence-corrected chi connectivity index (χ3v) is 6.74. The highest BCUT2D eigenvalue weighted by molar-refractivity contribution is 5.86. The molecule has 2 aromatic rings. The molecule has 1 aromatic carbocycles. The van der Waals surface area contributed by atoms with Gasteiger partial charge in [-0.25, -0.2) is 14.8 Å². The summed E-state index contributed by atoms with van der Waals surface area (Å²) in [5.74, 6) is 1.74. The van der Waals surface area contributed by atoms with E-state index in [9.17, 15) is 9.59 Å². The first-order chi connectivity index (χ1) is 15.0. The van der Waals surface area contributed by atoms with Crippen LogP contribution in [0.25, 0.3) is 10.9 Å². The maximum absolute atomic E-state index is 13.2. The second-order valence-corrected chi connectivity index (χ2v) is 11.1. The van der Waals surface area contributed by atoms with Gasteiger partial charge in [0.25, 0.3) is 0 Å². The summed E-state index contributed by atoms with van der Waals surface area (Å²) in [5.41, 5.74) is 0.674. The Morgan fingerprint density at radius 1 is 1.03 bits per heavy atom. The Bertz CT molecular complexity index is 1070. The molecule has 2 unspecified atom stereocenters. The predicted molar refractivity (Wildman–Crippen MR) is 121 cm³/mol. The van der Waals surface area contributed by atoms with Crippen LogP contribution in [0.3, 0.4) is 0 Å². The summed E-state index contributed by atoms with van der Waals surface area (Å²) >= 11 is 0. The second-order valence-electron chi connectivity index (χ2n) is 11.1. The summed E-state index contributed by atoms with van der Waals surface area (Å²) in [6.45, 7) is 10.8. The van der Waals surface area contributed by atoms with Gasteiger partial charge in [0.15, 0.2) is 0 Å². The van der Waals surface area contributed by atoms with Gasteiger partial charge in [-0.15, -0.1) is 0 Å². The fourth-order valence-electron chi connectivity index (χ4n) is 4.94. The van der Waals surface area contributed by atoms with Gasteiger partial charge < -0.3 is 15.0 Å². The number of rotatable bonds is 4. The van der Waals surface area contributed by atoms with Gasteiger partial charge in [-0.2, -0.15) is 0 Å². The molecule has 5 rings (SSSR count). The largest absolute Gasteiger partial charge is 0.444 e. The minimum Gasteiger partial charge on any atom is -0.444 e. The maximum atomic E-state index is 13.2. The molecule has 2 amide bonds. The summed E-state index contributed by atoms with van der Waals surface area (Å²) in [5, 5.41) is 4.24. The SMILES string of the molecule is CC(C)(C)OC(=O)N1CC2C(C1)C2C(=O)NC(C)(C)c1nc(C2CC2)nc2ccccc12. The van der Waals surface area contributed by atoms with Crippen LogP contribution in [0.1, 0.15) is 64.9 Å². The highest BCUT2D eigenvalue weighted by Crippen LogP contribution is 2.52. The van der Waals surface area contributed by atoms with Gasteiger partial charge in [0.2, 0.25) is 5.91 Å². The molecule has 1 N–H and O–H groups in total. The Hall–Kier alpha value is -2.70. The van der Waals surface area contributed by atoms with Gasteiger partial charge in [0.05, 0.1) is 16.7 Å². The molecule has 2 atom stereocenters. The lowest BCUT2D eigenvalue weighted by atomic mass is 9.95. The molecule has 0 bridgehead atoms. The van der Waals surface area contributed by atoms with E-state index in [1.165, 1.54) is 0 Å². The third kappa shape index (κ3) is 3.93. The molecule has 1 saturated heterocycles. The number of hydrogen-bond donors (Lipinski definition) is 1. The number of carbonyl (C=O) groups is 2. The number of fused-ring (bicyclic) bond motifs is 2. The minimum absolute atomic E-state index is 0.0458. The molecule has 2 heterocycles. The first kappa shape index (κ1) is 21.2. The van der Waals surface area contributed by atoms with Crippen molar-refractivity contribution in [1.29, 1.82) is 0 Å². The molecule has 0 spiro atoms. The topological polar surface area (TPSA) is 84.4 Å². The number of nitrogens with zero attached hydrogens (tertiary/aromatic N) is 3. The number of benzene rings is 1. The number of carbonyl (C=O) groups excluding carboxylic acids is 2. The van der Waals surface area contributed by atoms with Gasteiger partial charge in [0, 0.05) is 30.3 Å². The predicted octanol–water partition coefficient (Wildman–Crippen LogP) is 3.97. The van der Waals surface area contributed by atoms with Gasteiger partial charge >= 0.3 is 6.09 Å². The monoisotopic (exact) mass is 436 g/mol. The van der Waals surface area contributed by atoms with Crippen LogP contribution >= 0.6 is 0 Å². The number of hydrogen-bond acceptors (Lipinski definition) is 5. The zero-order valence-electron chi connectivity index (χ0n) is 19.5. The number of ether oxygens (including phenoxy) is 1. The number of nitrogens with one attached hydrogen (secondary N) is 1. The Labute approximate surface area is 188 Å². The second kappa shape index (κ2) is 7.15. The average molecular weight is 437 g/mol. The lowest BCUT2D eigenvalue weighted by Crippen LogP contribution is -2.44. The molecule has 32 heavy (non-hydrogen) atoms. The van der Waals surface area contributed by atoms with E-state index in [4.69, 9.17) is 14.7 Å². The first-order valence-electron chi connectivity index (χ1n) is 11.6. The van der Waals surface area contributed by atoms with Crippen LogP contribution in [0.4, 0.5) is 4.79 Å². The van der Waals surface area contributed by atoms with Crippen LogP contribution in [0.2, 0.25) is 0 Å². The molecule has 0 radical (unpaired) electrons. The van der Waals surface area contributed by atoms with E-state index in [0.29, 0.717) is 19.0 Å². The van der Waals surface area contributed by atoms with Crippen molar-refractivity contribution < 1.29 is 14.3 Å². The minimum atomic E-state index is -0.620. The van der Waals surface area contributed by atoms with Crippen molar-refractivity contribution in [2.24, 2.45) is 17.8 Å². The van der Waals surface area contributed by atoms with Crippen LogP contribution in [0.5, 0.6) is 0 Å². The summed E-state index contributed by atoms with van der Waals surface area (Å²) in [7, 11) is 0. The third-order valence-electron chi connectivity index (χ3n) is 6.74. The van der Waals surface area contributed by atoms with Crippen LogP contribution in [-0.2, 0) is 15.1 Å². The number of amides is 2. The highest BCUT2D eigenvalue weighted by atomic mass is 16.6. The van der Waals surface area contributed by atoms with Crippen molar-refractivity contribution in [3.05, 3.63) is 35.8 Å². The Kier molecular flexibility index (Phi) is 4.73. The van der Waals surface area contributed by atoms with E-state index in [2.05, 4.69) is 5.32 Å². The lowest BCUT2D eigenvalue weighted by Gasteiger charge is -2.29. The molecular weight excluding hydrogens is 404 g/mol. The Morgan fingerprint density at radius 2 is 1.69 bits per heavy atom. The quantitative estimate of drug-likeness (QED) is 0.784. The van der Waals surface area contributed by atoms with Crippen LogP contribution in [0.15, 0.2) is 24.3 Å². The summed E-state index contributed by atoms with van der Waals surface area (Å²) in [6, 6.07) is 8.02. The van der Waals surface area contributed by atoms with E-state index < -0.39 is 11.1 Å². The summed E-state index contributed by atoms with van der Waals surface area (Å²) in [6.07, 6.45) is 1.97. The molecule has 7 heteroatoms. The molecule has 7 nitrogen and oxygen atoms in total. The lowest BCUT2D eigenvalue weighted by molar-refractivity contribution is -0.125. The van der Waals surface area contributed by atoms with E-state index in [1.54, 1.807) is 4.90 Å². The first-order valence-corrected chi connectivity index (χ1v) is 11.6. The maximum Gasteiger partial charge on any atom is 0.410 e. The molecule has 2 aliphatic carbocycles. The number of likely N-dealkylation sites (tertiary alicyclic amines) is 1. The van der Waals surface area contributed by atoms with Crippen molar-refractivity contribution in [2.45, 2.75) is 64.5 Å². The molecule has 170 valence electrons. The number of aromatic nitrogens is 2. The van der Waals surface area contributed by atoms with E-state index in [-0.39, 0.29) is 29.8 Å². The van der Waals surface area contributed by atoms with E-state index >= 15 is 0 Å². The molecule has 2 saturated carbocycles. The van der Waals surface area contributed by atoms with Crippen molar-refractivity contribution in [3.63, 3.8) is 0 Å². The van der Waals surface area contributed by atoms with Gasteiger partial charge in [-0.1, -0.05) is 18.2 Å². The zero-order valence-corrected chi connectivity index (χ0v) is 19.5. The fourth-order valence-corrected chi connectivity index (χ4v) is 4.94. The molecule has 1 aromatic heterocycles. The van der Waals surface area contributed by atoms with Crippen molar-refractivity contribution in [3.8, 4) is 0 Å². The Balaban J connectivity index is 1.29. The van der Waals surface area contributed by atoms with Crippen molar-refractivity contribution >= 4 is 22.9 Å². The molecular formula is C25H32N4O3. The van der Waals surface area contributed by atoms with Crippen molar-refractivity contribution in [1.82, 2.24) is 20.2 Å². The average Bonchev–Trinajstić information content (AvgIpc) is 3.62. The number of piperidine rings is 1. The molecule has 1 aliphatic heterocycles. The fraction of sp³-hybridized carbons (Fsp3) is 0.600. The normalized spacial score (nSPS) is 24.9. The van der Waals surface area contributed by atoms with E-state index in [0.717, 1.165) is 35.3 Å². The van der Waals surface area contributed by atoms with Crippen LogP contribution in [0, 0.1) is 17.8 Å². The summed E-state index contributed by atoms with van der Waals surface area (Å²) in [4.78, 5) is 36.9. The Morgan fingerprint density at radius 3 is 2.31 bits per heavy atom.